The molecule has 3 aromatic heterocycles. The molecule has 4 aromatic rings. The summed E-state index contributed by atoms with van der Waals surface area (Å²) in [6.07, 6.45) is 3.89. The van der Waals surface area contributed by atoms with Gasteiger partial charge in [0.25, 0.3) is 5.91 Å². The van der Waals surface area contributed by atoms with Crippen LogP contribution in [-0.4, -0.2) is 44.0 Å². The summed E-state index contributed by atoms with van der Waals surface area (Å²) in [4.78, 5) is 37.1. The Labute approximate surface area is 205 Å². The molecule has 0 aliphatic heterocycles. The number of aliphatic hydroxyl groups excluding tert-OH is 1. The lowest BCUT2D eigenvalue weighted by atomic mass is 10.1. The molecule has 182 valence electrons. The zero-order chi connectivity index (χ0) is 25.1. The quantitative estimate of drug-likeness (QED) is 0.390. The Balaban J connectivity index is 1.53. The van der Waals surface area contributed by atoms with E-state index in [1.807, 2.05) is 25.9 Å². The molecule has 1 aromatic carbocycles. The third kappa shape index (κ3) is 5.45. The summed E-state index contributed by atoms with van der Waals surface area (Å²) in [5.41, 5.74) is 2.21. The first-order chi connectivity index (χ1) is 16.7. The van der Waals surface area contributed by atoms with Crippen LogP contribution in [0.3, 0.4) is 0 Å². The van der Waals surface area contributed by atoms with Gasteiger partial charge >= 0.3 is 0 Å². The Morgan fingerprint density at radius 2 is 1.94 bits per heavy atom. The number of halogens is 1. The number of benzene rings is 1. The number of amides is 1. The number of thiophene rings is 1. The fourth-order valence-electron chi connectivity index (χ4n) is 3.93. The van der Waals surface area contributed by atoms with E-state index in [0.29, 0.717) is 23.6 Å². The van der Waals surface area contributed by atoms with Crippen LogP contribution >= 0.6 is 11.3 Å². The number of nitrogens with one attached hydrogen (secondary N) is 1. The molecule has 3 heterocycles. The van der Waals surface area contributed by atoms with Gasteiger partial charge in [-0.3, -0.25) is 14.5 Å². The van der Waals surface area contributed by atoms with Crippen molar-refractivity contribution in [2.45, 2.75) is 26.1 Å². The summed E-state index contributed by atoms with van der Waals surface area (Å²) in [6, 6.07) is 7.52. The Morgan fingerprint density at radius 1 is 1.26 bits per heavy atom. The molecule has 1 atom stereocenters. The van der Waals surface area contributed by atoms with Crippen LogP contribution in [-0.2, 0) is 20.1 Å². The maximum Gasteiger partial charge on any atom is 0.257 e. The van der Waals surface area contributed by atoms with Crippen molar-refractivity contribution < 1.29 is 14.3 Å². The van der Waals surface area contributed by atoms with Gasteiger partial charge in [0.15, 0.2) is 5.82 Å². The second-order valence-corrected chi connectivity index (χ2v) is 9.54. The Kier molecular flexibility index (Phi) is 7.34. The Hall–Kier alpha value is -3.47. The lowest BCUT2D eigenvalue weighted by Gasteiger charge is -2.19. The van der Waals surface area contributed by atoms with Crippen LogP contribution in [0.25, 0.3) is 10.2 Å². The fourth-order valence-corrected chi connectivity index (χ4v) is 5.31. The highest BCUT2D eigenvalue weighted by molar-refractivity contribution is 7.19. The molecule has 0 saturated heterocycles. The van der Waals surface area contributed by atoms with E-state index in [4.69, 9.17) is 0 Å². The van der Waals surface area contributed by atoms with Crippen molar-refractivity contribution >= 4 is 27.5 Å². The standard InChI is InChI=1S/C25H26FN5O3S/c1-15-20(14-30(2)13-19(32)24-27-9-4-10-28-24)35-23-21(15)31(3)12-18(22(23)33)25(34)29-11-16-5-7-17(26)8-6-16/h4-10,12,19,32H,11,13-14H2,1-3H3,(H,29,34). The maximum absolute atomic E-state index is 13.2. The molecule has 0 aliphatic rings. The molecule has 0 radical (unpaired) electrons. The van der Waals surface area contributed by atoms with Gasteiger partial charge in [-0.2, -0.15) is 0 Å². The topological polar surface area (TPSA) is 100 Å². The highest BCUT2D eigenvalue weighted by Crippen LogP contribution is 2.30. The number of aliphatic hydroxyl groups is 1. The molecular weight excluding hydrogens is 469 g/mol. The summed E-state index contributed by atoms with van der Waals surface area (Å²) in [5, 5.41) is 13.2. The van der Waals surface area contributed by atoms with Crippen molar-refractivity contribution in [2.24, 2.45) is 7.05 Å². The van der Waals surface area contributed by atoms with E-state index in [1.54, 1.807) is 41.4 Å². The van der Waals surface area contributed by atoms with Gasteiger partial charge in [0.05, 0.1) is 10.2 Å². The van der Waals surface area contributed by atoms with Crippen molar-refractivity contribution in [3.05, 3.63) is 92.4 Å². The van der Waals surface area contributed by atoms with E-state index in [2.05, 4.69) is 15.3 Å². The van der Waals surface area contributed by atoms with Crippen molar-refractivity contribution in [2.75, 3.05) is 13.6 Å². The average molecular weight is 496 g/mol. The highest BCUT2D eigenvalue weighted by Gasteiger charge is 2.21. The summed E-state index contributed by atoms with van der Waals surface area (Å²) in [7, 11) is 3.69. The first-order valence-corrected chi connectivity index (χ1v) is 11.8. The summed E-state index contributed by atoms with van der Waals surface area (Å²) in [6.45, 7) is 2.98. The van der Waals surface area contributed by atoms with Crippen molar-refractivity contribution in [1.82, 2.24) is 24.8 Å². The predicted molar refractivity (Wildman–Crippen MR) is 133 cm³/mol. The van der Waals surface area contributed by atoms with Crippen LogP contribution in [0.2, 0.25) is 0 Å². The molecule has 0 aliphatic carbocycles. The van der Waals surface area contributed by atoms with Gasteiger partial charge in [0.2, 0.25) is 5.43 Å². The van der Waals surface area contributed by atoms with Crippen LogP contribution < -0.4 is 10.7 Å². The second kappa shape index (κ2) is 10.4. The molecule has 10 heteroatoms. The number of aryl methyl sites for hydroxylation is 2. The van der Waals surface area contributed by atoms with Crippen LogP contribution in [0.4, 0.5) is 4.39 Å². The number of hydrogen-bond donors (Lipinski definition) is 2. The molecule has 0 saturated carbocycles. The second-order valence-electron chi connectivity index (χ2n) is 8.44. The van der Waals surface area contributed by atoms with Crippen molar-refractivity contribution in [3.63, 3.8) is 0 Å². The summed E-state index contributed by atoms with van der Waals surface area (Å²) in [5.74, 6) is -0.471. The molecule has 2 N–H and O–H groups in total. The van der Waals surface area contributed by atoms with Gasteiger partial charge < -0.3 is 15.0 Å². The predicted octanol–water partition coefficient (Wildman–Crippen LogP) is 2.93. The Morgan fingerprint density at radius 3 is 2.63 bits per heavy atom. The molecule has 35 heavy (non-hydrogen) atoms. The number of carbonyl (C=O) groups is 1. The average Bonchev–Trinajstić information content (AvgIpc) is 3.17. The Bertz CT molecular complexity index is 1400. The van der Waals surface area contributed by atoms with E-state index in [0.717, 1.165) is 21.5 Å². The summed E-state index contributed by atoms with van der Waals surface area (Å²) < 4.78 is 15.4. The normalized spacial score (nSPS) is 12.3. The monoisotopic (exact) mass is 495 g/mol. The zero-order valence-electron chi connectivity index (χ0n) is 19.7. The first kappa shape index (κ1) is 24.6. The molecule has 0 spiro atoms. The molecule has 0 fully saturated rings. The largest absolute Gasteiger partial charge is 0.384 e. The van der Waals surface area contributed by atoms with Crippen molar-refractivity contribution in [1.29, 1.82) is 0 Å². The molecular formula is C25H26FN5O3S. The highest BCUT2D eigenvalue weighted by atomic mass is 32.1. The number of nitrogens with zero attached hydrogens (tertiary/aromatic N) is 4. The van der Waals surface area contributed by atoms with Gasteiger partial charge in [-0.25, -0.2) is 14.4 Å². The van der Waals surface area contributed by atoms with Crippen LogP contribution in [0.15, 0.2) is 53.7 Å². The maximum atomic E-state index is 13.2. The van der Waals surface area contributed by atoms with Gasteiger partial charge in [-0.05, 0) is 43.3 Å². The van der Waals surface area contributed by atoms with Crippen molar-refractivity contribution in [3.8, 4) is 0 Å². The number of fused-ring (bicyclic) bond motifs is 1. The molecule has 4 rings (SSSR count). The third-order valence-electron chi connectivity index (χ3n) is 5.73. The number of aromatic nitrogens is 3. The zero-order valence-corrected chi connectivity index (χ0v) is 20.5. The van der Waals surface area contributed by atoms with Crippen LogP contribution in [0.5, 0.6) is 0 Å². The molecule has 8 nitrogen and oxygen atoms in total. The van der Waals surface area contributed by atoms with Gasteiger partial charge in [-0.15, -0.1) is 11.3 Å². The minimum atomic E-state index is -0.835. The minimum absolute atomic E-state index is 0.0555. The number of carbonyl (C=O) groups excluding carboxylic acids is 1. The number of likely N-dealkylation sites (N-methyl/N-ethyl adjacent to an activating group) is 1. The molecule has 0 bridgehead atoms. The number of hydrogen-bond acceptors (Lipinski definition) is 7. The minimum Gasteiger partial charge on any atom is -0.384 e. The third-order valence-corrected chi connectivity index (χ3v) is 7.00. The van der Waals surface area contributed by atoms with E-state index in [1.165, 1.54) is 23.5 Å². The van der Waals surface area contributed by atoms with Gasteiger partial charge in [0, 0.05) is 50.1 Å². The SMILES string of the molecule is Cc1c(CN(C)CC(O)c2ncccn2)sc2c(=O)c(C(=O)NCc3ccc(F)cc3)cn(C)c12. The van der Waals surface area contributed by atoms with Crippen LogP contribution in [0.1, 0.15) is 38.3 Å². The molecule has 1 amide bonds. The van der Waals surface area contributed by atoms with E-state index >= 15 is 0 Å². The van der Waals surface area contributed by atoms with E-state index in [-0.39, 0.29) is 23.4 Å². The van der Waals surface area contributed by atoms with E-state index in [9.17, 15) is 19.1 Å². The lowest BCUT2D eigenvalue weighted by Crippen LogP contribution is -2.29. The fraction of sp³-hybridized carbons (Fsp3) is 0.280. The number of rotatable bonds is 8. The first-order valence-electron chi connectivity index (χ1n) is 11.0. The number of pyridine rings is 1. The summed E-state index contributed by atoms with van der Waals surface area (Å²) >= 11 is 1.35. The smallest absolute Gasteiger partial charge is 0.257 e. The lowest BCUT2D eigenvalue weighted by molar-refractivity contribution is 0.0949. The van der Waals surface area contributed by atoms with Crippen LogP contribution in [0, 0.1) is 12.7 Å². The molecule has 1 unspecified atom stereocenters. The van der Waals surface area contributed by atoms with Gasteiger partial charge in [-0.1, -0.05) is 12.1 Å². The van der Waals surface area contributed by atoms with E-state index < -0.39 is 12.0 Å². The van der Waals surface area contributed by atoms with Gasteiger partial charge in [0.1, 0.15) is 17.5 Å².